The second-order valence-corrected chi connectivity index (χ2v) is 6.17. The largest absolute Gasteiger partial charge is 0.508 e. The molecule has 0 atom stereocenters. The fourth-order valence-electron chi connectivity index (χ4n) is 3.28. The van der Waals surface area contributed by atoms with Gasteiger partial charge in [0.05, 0.1) is 11.1 Å². The highest BCUT2D eigenvalue weighted by Gasteiger charge is 2.23. The third kappa shape index (κ3) is 3.01. The summed E-state index contributed by atoms with van der Waals surface area (Å²) < 4.78 is 0. The van der Waals surface area contributed by atoms with E-state index in [0.717, 1.165) is 29.7 Å². The lowest BCUT2D eigenvalue weighted by atomic mass is 10.1. The Hall–Kier alpha value is -3.08. The van der Waals surface area contributed by atoms with Crippen LogP contribution in [0.4, 0.5) is 5.69 Å². The Morgan fingerprint density at radius 2 is 1.64 bits per heavy atom. The molecule has 126 valence electrons. The predicted octanol–water partition coefficient (Wildman–Crippen LogP) is 2.90. The molecule has 5 heteroatoms. The summed E-state index contributed by atoms with van der Waals surface area (Å²) in [5, 5.41) is 10.3. The molecule has 2 aromatic carbocycles. The van der Waals surface area contributed by atoms with Crippen molar-refractivity contribution in [1.82, 2.24) is 9.88 Å². The number of carbonyl (C=O) groups excluding carboxylic acids is 1. The lowest BCUT2D eigenvalue weighted by Gasteiger charge is -2.36. The van der Waals surface area contributed by atoms with Gasteiger partial charge in [0.2, 0.25) is 0 Å². The van der Waals surface area contributed by atoms with Crippen molar-refractivity contribution < 1.29 is 9.90 Å². The van der Waals surface area contributed by atoms with Gasteiger partial charge in [-0.05, 0) is 36.4 Å². The number of pyridine rings is 1. The first kappa shape index (κ1) is 15.4. The van der Waals surface area contributed by atoms with E-state index < -0.39 is 0 Å². The summed E-state index contributed by atoms with van der Waals surface area (Å²) in [6, 6.07) is 16.7. The molecule has 1 fully saturated rings. The van der Waals surface area contributed by atoms with E-state index in [9.17, 15) is 9.90 Å². The number of aromatic nitrogens is 1. The number of fused-ring (bicyclic) bond motifs is 1. The number of benzene rings is 2. The van der Waals surface area contributed by atoms with E-state index in [0.29, 0.717) is 18.7 Å². The molecule has 0 saturated carbocycles. The van der Waals surface area contributed by atoms with Crippen molar-refractivity contribution in [3.63, 3.8) is 0 Å². The van der Waals surface area contributed by atoms with E-state index in [2.05, 4.69) is 9.88 Å². The monoisotopic (exact) mass is 333 g/mol. The number of hydrogen-bond acceptors (Lipinski definition) is 4. The number of amides is 1. The van der Waals surface area contributed by atoms with Gasteiger partial charge in [0, 0.05) is 43.4 Å². The Morgan fingerprint density at radius 1 is 0.920 bits per heavy atom. The van der Waals surface area contributed by atoms with Crippen LogP contribution in [0.5, 0.6) is 5.75 Å². The number of carbonyl (C=O) groups is 1. The smallest absolute Gasteiger partial charge is 0.254 e. The first-order valence-corrected chi connectivity index (χ1v) is 8.39. The van der Waals surface area contributed by atoms with Crippen LogP contribution in [-0.4, -0.2) is 47.1 Å². The van der Waals surface area contributed by atoms with Crippen molar-refractivity contribution in [1.29, 1.82) is 0 Å². The number of nitrogens with zero attached hydrogens (tertiary/aromatic N) is 3. The average Bonchev–Trinajstić information content (AvgIpc) is 2.68. The first-order chi connectivity index (χ1) is 12.2. The Labute approximate surface area is 146 Å². The summed E-state index contributed by atoms with van der Waals surface area (Å²) in [6.45, 7) is 2.91. The number of para-hydroxylation sites is 1. The fraction of sp³-hybridized carbons (Fsp3) is 0.200. The lowest BCUT2D eigenvalue weighted by Crippen LogP contribution is -2.48. The Balaban J connectivity index is 1.50. The lowest BCUT2D eigenvalue weighted by molar-refractivity contribution is 0.0748. The highest BCUT2D eigenvalue weighted by molar-refractivity contribution is 6.06. The molecule has 5 nitrogen and oxygen atoms in total. The van der Waals surface area contributed by atoms with Crippen LogP contribution >= 0.6 is 0 Å². The summed E-state index contributed by atoms with van der Waals surface area (Å²) in [7, 11) is 0. The number of phenols is 1. The van der Waals surface area contributed by atoms with Crippen molar-refractivity contribution in [2.75, 3.05) is 31.1 Å². The molecule has 1 aliphatic rings. The summed E-state index contributed by atoms with van der Waals surface area (Å²) in [5.74, 6) is 0.325. The van der Waals surface area contributed by atoms with Crippen LogP contribution in [0.2, 0.25) is 0 Å². The highest BCUT2D eigenvalue weighted by Crippen LogP contribution is 2.22. The van der Waals surface area contributed by atoms with Crippen molar-refractivity contribution >= 4 is 22.5 Å². The quantitative estimate of drug-likeness (QED) is 0.783. The number of phenolic OH excluding ortho intramolecular Hbond substituents is 1. The molecule has 0 unspecified atom stereocenters. The zero-order chi connectivity index (χ0) is 17.2. The fourth-order valence-corrected chi connectivity index (χ4v) is 3.28. The molecule has 0 radical (unpaired) electrons. The molecule has 0 spiro atoms. The molecule has 1 saturated heterocycles. The second kappa shape index (κ2) is 6.43. The molecule has 1 amide bonds. The third-order valence-electron chi connectivity index (χ3n) is 4.66. The van der Waals surface area contributed by atoms with Crippen molar-refractivity contribution in [2.45, 2.75) is 0 Å². The Bertz CT molecular complexity index is 895. The first-order valence-electron chi connectivity index (χ1n) is 8.39. The number of anilines is 1. The standard InChI is InChI=1S/C20H19N3O2/c24-16-7-5-15(6-8-16)22-11-13-23(14-12-22)20(25)18-9-10-21-19-4-2-1-3-17(18)19/h1-10,24H,11-14H2. The number of piperazine rings is 1. The molecule has 0 bridgehead atoms. The Morgan fingerprint density at radius 3 is 2.40 bits per heavy atom. The minimum absolute atomic E-state index is 0.0592. The van der Waals surface area contributed by atoms with E-state index in [1.54, 1.807) is 24.4 Å². The van der Waals surface area contributed by atoms with Gasteiger partial charge in [-0.15, -0.1) is 0 Å². The minimum Gasteiger partial charge on any atom is -0.508 e. The molecule has 2 heterocycles. The zero-order valence-corrected chi connectivity index (χ0v) is 13.8. The van der Waals surface area contributed by atoms with Gasteiger partial charge in [-0.3, -0.25) is 9.78 Å². The average molecular weight is 333 g/mol. The van der Waals surface area contributed by atoms with Crippen LogP contribution < -0.4 is 4.90 Å². The molecule has 4 rings (SSSR count). The molecule has 25 heavy (non-hydrogen) atoms. The van der Waals surface area contributed by atoms with Crippen LogP contribution in [0.1, 0.15) is 10.4 Å². The molecule has 0 aliphatic carbocycles. The normalized spacial score (nSPS) is 14.7. The van der Waals surface area contributed by atoms with Gasteiger partial charge in [-0.1, -0.05) is 18.2 Å². The number of hydrogen-bond donors (Lipinski definition) is 1. The van der Waals surface area contributed by atoms with Gasteiger partial charge < -0.3 is 14.9 Å². The molecular weight excluding hydrogens is 314 g/mol. The third-order valence-corrected chi connectivity index (χ3v) is 4.66. The van der Waals surface area contributed by atoms with Crippen LogP contribution in [0.25, 0.3) is 10.9 Å². The highest BCUT2D eigenvalue weighted by atomic mass is 16.3. The predicted molar refractivity (Wildman–Crippen MR) is 98.0 cm³/mol. The molecule has 1 aromatic heterocycles. The molecular formula is C20H19N3O2. The Kier molecular flexibility index (Phi) is 3.98. The minimum atomic E-state index is 0.0592. The molecule has 3 aromatic rings. The number of rotatable bonds is 2. The van der Waals surface area contributed by atoms with Crippen molar-refractivity contribution in [2.24, 2.45) is 0 Å². The van der Waals surface area contributed by atoms with Gasteiger partial charge in [0.25, 0.3) is 5.91 Å². The van der Waals surface area contributed by atoms with Gasteiger partial charge in [-0.25, -0.2) is 0 Å². The van der Waals surface area contributed by atoms with Crippen LogP contribution in [-0.2, 0) is 0 Å². The summed E-state index contributed by atoms with van der Waals surface area (Å²) >= 11 is 0. The van der Waals surface area contributed by atoms with Gasteiger partial charge in [-0.2, -0.15) is 0 Å². The maximum atomic E-state index is 12.9. The van der Waals surface area contributed by atoms with Crippen LogP contribution in [0.15, 0.2) is 60.8 Å². The van der Waals surface area contributed by atoms with Crippen molar-refractivity contribution in [3.05, 3.63) is 66.4 Å². The summed E-state index contributed by atoms with van der Waals surface area (Å²) in [6.07, 6.45) is 1.70. The topological polar surface area (TPSA) is 56.7 Å². The SMILES string of the molecule is O=C(c1ccnc2ccccc12)N1CCN(c2ccc(O)cc2)CC1. The van der Waals surface area contributed by atoms with Gasteiger partial charge >= 0.3 is 0 Å². The maximum absolute atomic E-state index is 12.9. The van der Waals surface area contributed by atoms with E-state index in [1.807, 2.05) is 41.3 Å². The molecule has 1 N–H and O–H groups in total. The van der Waals surface area contributed by atoms with Gasteiger partial charge in [0.15, 0.2) is 0 Å². The number of aromatic hydroxyl groups is 1. The van der Waals surface area contributed by atoms with Gasteiger partial charge in [0.1, 0.15) is 5.75 Å². The van der Waals surface area contributed by atoms with E-state index in [-0.39, 0.29) is 11.7 Å². The van der Waals surface area contributed by atoms with E-state index in [4.69, 9.17) is 0 Å². The summed E-state index contributed by atoms with van der Waals surface area (Å²) in [4.78, 5) is 21.4. The van der Waals surface area contributed by atoms with E-state index in [1.165, 1.54) is 0 Å². The summed E-state index contributed by atoms with van der Waals surface area (Å²) in [5.41, 5.74) is 2.62. The van der Waals surface area contributed by atoms with Crippen LogP contribution in [0.3, 0.4) is 0 Å². The second-order valence-electron chi connectivity index (χ2n) is 6.17. The maximum Gasteiger partial charge on any atom is 0.254 e. The van der Waals surface area contributed by atoms with Crippen molar-refractivity contribution in [3.8, 4) is 5.75 Å². The van der Waals surface area contributed by atoms with Crippen LogP contribution in [0, 0.1) is 0 Å². The zero-order valence-electron chi connectivity index (χ0n) is 13.8. The molecule has 1 aliphatic heterocycles. The van der Waals surface area contributed by atoms with E-state index >= 15 is 0 Å².